The SMILES string of the molecule is Cc1ccc2c(c1)C(=O)c1c(OP(C)(=O)Oc3ccc(Cl)cc3C)cc(C)cc1-2. The van der Waals surface area contributed by atoms with Crippen molar-refractivity contribution < 1.29 is 18.4 Å². The smallest absolute Gasteiger partial charge is 0.416 e. The van der Waals surface area contributed by atoms with E-state index in [4.69, 9.17) is 20.6 Å². The van der Waals surface area contributed by atoms with E-state index < -0.39 is 7.60 Å². The van der Waals surface area contributed by atoms with E-state index in [0.29, 0.717) is 21.9 Å². The highest BCUT2D eigenvalue weighted by atomic mass is 35.5. The van der Waals surface area contributed by atoms with Crippen molar-refractivity contribution in [3.63, 3.8) is 0 Å². The molecule has 1 atom stereocenters. The number of carbonyl (C=O) groups excluding carboxylic acids is 1. The zero-order valence-corrected chi connectivity index (χ0v) is 18.2. The van der Waals surface area contributed by atoms with Gasteiger partial charge in [-0.2, -0.15) is 0 Å². The first-order chi connectivity index (χ1) is 13.6. The third kappa shape index (κ3) is 3.71. The minimum Gasteiger partial charge on any atom is -0.416 e. The summed E-state index contributed by atoms with van der Waals surface area (Å²) >= 11 is 5.98. The highest BCUT2D eigenvalue weighted by molar-refractivity contribution is 7.53. The summed E-state index contributed by atoms with van der Waals surface area (Å²) in [6, 6.07) is 14.5. The van der Waals surface area contributed by atoms with E-state index in [9.17, 15) is 9.36 Å². The predicted molar refractivity (Wildman–Crippen MR) is 116 cm³/mol. The van der Waals surface area contributed by atoms with E-state index in [1.807, 2.05) is 45.0 Å². The fourth-order valence-electron chi connectivity index (χ4n) is 3.58. The molecule has 148 valence electrons. The number of rotatable bonds is 4. The molecule has 0 radical (unpaired) electrons. The molecule has 0 bridgehead atoms. The van der Waals surface area contributed by atoms with Crippen LogP contribution < -0.4 is 9.05 Å². The van der Waals surface area contributed by atoms with Gasteiger partial charge in [0.2, 0.25) is 0 Å². The molecular weight excluding hydrogens is 407 g/mol. The summed E-state index contributed by atoms with van der Waals surface area (Å²) < 4.78 is 24.7. The van der Waals surface area contributed by atoms with Crippen LogP contribution in [0.3, 0.4) is 0 Å². The summed E-state index contributed by atoms with van der Waals surface area (Å²) in [4.78, 5) is 13.1. The van der Waals surface area contributed by atoms with Crippen LogP contribution in [0.2, 0.25) is 5.02 Å². The Morgan fingerprint density at radius 1 is 0.793 bits per heavy atom. The molecule has 0 spiro atoms. The maximum Gasteiger partial charge on any atom is 0.427 e. The molecule has 0 aromatic heterocycles. The lowest BCUT2D eigenvalue weighted by Gasteiger charge is -2.19. The van der Waals surface area contributed by atoms with Gasteiger partial charge in [-0.1, -0.05) is 35.4 Å². The quantitative estimate of drug-likeness (QED) is 0.338. The fraction of sp³-hybridized carbons (Fsp3) is 0.174. The summed E-state index contributed by atoms with van der Waals surface area (Å²) in [7, 11) is -3.56. The van der Waals surface area contributed by atoms with Gasteiger partial charge >= 0.3 is 7.60 Å². The molecule has 4 nitrogen and oxygen atoms in total. The molecule has 0 saturated heterocycles. The Bertz CT molecular complexity index is 1220. The van der Waals surface area contributed by atoms with Crippen molar-refractivity contribution in [2.24, 2.45) is 0 Å². The molecule has 29 heavy (non-hydrogen) atoms. The molecule has 0 fully saturated rings. The van der Waals surface area contributed by atoms with E-state index in [-0.39, 0.29) is 11.5 Å². The summed E-state index contributed by atoms with van der Waals surface area (Å²) in [6.07, 6.45) is 0. The number of hydrogen-bond donors (Lipinski definition) is 0. The van der Waals surface area contributed by atoms with Crippen LogP contribution >= 0.6 is 19.2 Å². The second-order valence-electron chi connectivity index (χ2n) is 7.43. The van der Waals surface area contributed by atoms with Crippen molar-refractivity contribution in [3.8, 4) is 22.6 Å². The molecule has 0 saturated carbocycles. The first kappa shape index (κ1) is 19.8. The van der Waals surface area contributed by atoms with Gasteiger partial charge in [0.1, 0.15) is 11.5 Å². The van der Waals surface area contributed by atoms with Gasteiger partial charge in [0.15, 0.2) is 5.78 Å². The summed E-state index contributed by atoms with van der Waals surface area (Å²) in [6.45, 7) is 7.07. The van der Waals surface area contributed by atoms with Crippen molar-refractivity contribution in [1.29, 1.82) is 0 Å². The van der Waals surface area contributed by atoms with Crippen LogP contribution in [0.4, 0.5) is 0 Å². The average molecular weight is 427 g/mol. The van der Waals surface area contributed by atoms with Crippen molar-refractivity contribution in [1.82, 2.24) is 0 Å². The molecule has 1 aliphatic carbocycles. The average Bonchev–Trinajstić information content (AvgIpc) is 2.89. The molecule has 1 aliphatic rings. The summed E-state index contributed by atoms with van der Waals surface area (Å²) in [5.74, 6) is 0.572. The molecule has 3 aromatic carbocycles. The van der Waals surface area contributed by atoms with Gasteiger partial charge in [-0.3, -0.25) is 4.79 Å². The largest absolute Gasteiger partial charge is 0.427 e. The van der Waals surface area contributed by atoms with Crippen LogP contribution in [0.25, 0.3) is 11.1 Å². The molecule has 0 aliphatic heterocycles. The standard InChI is InChI=1S/C23H20ClO4P/c1-13-5-7-17-18-10-14(2)11-21(22(18)23(25)19(17)9-13)28-29(4,26)27-20-8-6-16(24)12-15(20)3/h5-12H,1-4H3. The van der Waals surface area contributed by atoms with E-state index in [1.54, 1.807) is 24.3 Å². The van der Waals surface area contributed by atoms with Crippen LogP contribution in [0.15, 0.2) is 48.5 Å². The lowest BCUT2D eigenvalue weighted by atomic mass is 10.0. The zero-order chi connectivity index (χ0) is 20.9. The minimum atomic E-state index is -3.56. The molecule has 0 heterocycles. The number of ketones is 1. The van der Waals surface area contributed by atoms with Gasteiger partial charge in [0, 0.05) is 10.6 Å². The number of fused-ring (bicyclic) bond motifs is 3. The minimum absolute atomic E-state index is 0.128. The molecule has 1 unspecified atom stereocenters. The topological polar surface area (TPSA) is 52.6 Å². The van der Waals surface area contributed by atoms with Gasteiger partial charge in [-0.25, -0.2) is 4.57 Å². The van der Waals surface area contributed by atoms with Crippen molar-refractivity contribution in [2.75, 3.05) is 6.66 Å². The maximum absolute atomic E-state index is 13.1. The third-order valence-corrected chi connectivity index (χ3v) is 6.14. The van der Waals surface area contributed by atoms with Gasteiger partial charge in [-0.15, -0.1) is 0 Å². The molecule has 3 aromatic rings. The predicted octanol–water partition coefficient (Wildman–Crippen LogP) is 6.76. The van der Waals surface area contributed by atoms with Crippen molar-refractivity contribution in [2.45, 2.75) is 20.8 Å². The second-order valence-corrected chi connectivity index (χ2v) is 9.77. The van der Waals surface area contributed by atoms with Crippen molar-refractivity contribution >= 4 is 25.0 Å². The number of hydrogen-bond acceptors (Lipinski definition) is 4. The van der Waals surface area contributed by atoms with Crippen LogP contribution in [0.1, 0.15) is 32.6 Å². The monoisotopic (exact) mass is 426 g/mol. The Morgan fingerprint density at radius 3 is 2.21 bits per heavy atom. The Balaban J connectivity index is 1.73. The number of aryl methyl sites for hydroxylation is 3. The van der Waals surface area contributed by atoms with E-state index in [1.165, 1.54) is 6.66 Å². The Kier molecular flexibility index (Phi) is 4.80. The number of benzene rings is 3. The van der Waals surface area contributed by atoms with E-state index in [0.717, 1.165) is 27.8 Å². The van der Waals surface area contributed by atoms with Gasteiger partial charge in [0.05, 0.1) is 12.2 Å². The van der Waals surface area contributed by atoms with Gasteiger partial charge < -0.3 is 9.05 Å². The normalized spacial score (nSPS) is 14.2. The molecule has 0 amide bonds. The van der Waals surface area contributed by atoms with Crippen LogP contribution in [0.5, 0.6) is 11.5 Å². The molecule has 4 rings (SSSR count). The Hall–Kier alpha value is -2.55. The second kappa shape index (κ2) is 7.05. The maximum atomic E-state index is 13.1. The highest BCUT2D eigenvalue weighted by Gasteiger charge is 2.33. The molecule has 0 N–H and O–H groups in total. The first-order valence-corrected chi connectivity index (χ1v) is 11.5. The third-order valence-electron chi connectivity index (χ3n) is 4.85. The zero-order valence-electron chi connectivity index (χ0n) is 16.6. The highest BCUT2D eigenvalue weighted by Crippen LogP contribution is 2.50. The van der Waals surface area contributed by atoms with Crippen LogP contribution in [-0.4, -0.2) is 12.4 Å². The lowest BCUT2D eigenvalue weighted by molar-refractivity contribution is 0.104. The summed E-state index contributed by atoms with van der Waals surface area (Å²) in [5, 5.41) is 0.567. The summed E-state index contributed by atoms with van der Waals surface area (Å²) in [5.41, 5.74) is 5.38. The van der Waals surface area contributed by atoms with Crippen molar-refractivity contribution in [3.05, 3.63) is 81.4 Å². The van der Waals surface area contributed by atoms with E-state index in [2.05, 4.69) is 0 Å². The first-order valence-electron chi connectivity index (χ1n) is 9.18. The fourth-order valence-corrected chi connectivity index (χ4v) is 4.91. The number of carbonyl (C=O) groups is 1. The molecular formula is C23H20ClO4P. The number of halogens is 1. The Labute approximate surface area is 175 Å². The van der Waals surface area contributed by atoms with Crippen LogP contribution in [-0.2, 0) is 4.57 Å². The van der Waals surface area contributed by atoms with Crippen LogP contribution in [0, 0.1) is 20.8 Å². The molecule has 6 heteroatoms. The lowest BCUT2D eigenvalue weighted by Crippen LogP contribution is -2.05. The van der Waals surface area contributed by atoms with Gasteiger partial charge in [0.25, 0.3) is 0 Å². The van der Waals surface area contributed by atoms with E-state index >= 15 is 0 Å². The Morgan fingerprint density at radius 2 is 1.48 bits per heavy atom. The van der Waals surface area contributed by atoms with Gasteiger partial charge in [-0.05, 0) is 73.4 Å².